The zero-order valence-electron chi connectivity index (χ0n) is 19.2. The summed E-state index contributed by atoms with van der Waals surface area (Å²) in [7, 11) is 0. The lowest BCUT2D eigenvalue weighted by Crippen LogP contribution is -2.34. The van der Waals surface area contributed by atoms with Crippen molar-refractivity contribution in [2.75, 3.05) is 19.7 Å². The summed E-state index contributed by atoms with van der Waals surface area (Å²) >= 11 is 6.05. The third-order valence-electron chi connectivity index (χ3n) is 5.37. The molecule has 0 spiro atoms. The van der Waals surface area contributed by atoms with Gasteiger partial charge in [-0.25, -0.2) is 13.8 Å². The minimum Gasteiger partial charge on any atom is -0.470 e. The molecule has 3 rings (SSSR count). The summed E-state index contributed by atoms with van der Waals surface area (Å²) in [6.45, 7) is 1.86. The number of halogens is 5. The van der Waals surface area contributed by atoms with Crippen LogP contribution in [0.3, 0.4) is 0 Å². The molecule has 14 heteroatoms. The Hall–Kier alpha value is -3.48. The van der Waals surface area contributed by atoms with Gasteiger partial charge < -0.3 is 20.3 Å². The van der Waals surface area contributed by atoms with Gasteiger partial charge in [0.25, 0.3) is 11.8 Å². The highest BCUT2D eigenvalue weighted by atomic mass is 35.5. The Morgan fingerprint density at radius 1 is 1.25 bits per heavy atom. The number of alkyl halides is 4. The van der Waals surface area contributed by atoms with Crippen LogP contribution < -0.4 is 15.4 Å². The average molecular weight is 532 g/mol. The van der Waals surface area contributed by atoms with Crippen molar-refractivity contribution in [3.8, 4) is 5.88 Å². The van der Waals surface area contributed by atoms with Crippen molar-refractivity contribution in [2.24, 2.45) is 0 Å². The van der Waals surface area contributed by atoms with E-state index in [9.17, 15) is 31.9 Å². The maximum Gasteiger partial charge on any atom is 0.340 e. The number of ether oxygens (including phenoxy) is 1. The van der Waals surface area contributed by atoms with E-state index in [1.807, 2.05) is 0 Å². The second kappa shape index (κ2) is 11.1. The predicted octanol–water partition coefficient (Wildman–Crippen LogP) is 2.99. The number of rotatable bonds is 10. The maximum atomic E-state index is 13.1. The van der Waals surface area contributed by atoms with Gasteiger partial charge in [0, 0.05) is 50.1 Å². The molecule has 0 aromatic carbocycles. The number of carbonyl (C=O) groups is 3. The van der Waals surface area contributed by atoms with E-state index in [2.05, 4.69) is 25.3 Å². The summed E-state index contributed by atoms with van der Waals surface area (Å²) in [6, 6.07) is 2.21. The van der Waals surface area contributed by atoms with Crippen LogP contribution in [-0.2, 0) is 11.3 Å². The number of nitrogens with one attached hydrogen (secondary N) is 2. The van der Waals surface area contributed by atoms with Crippen molar-refractivity contribution in [3.63, 3.8) is 0 Å². The fourth-order valence-electron chi connectivity index (χ4n) is 3.44. The molecule has 0 saturated heterocycles. The van der Waals surface area contributed by atoms with Crippen molar-refractivity contribution in [3.05, 3.63) is 51.9 Å². The largest absolute Gasteiger partial charge is 0.470 e. The lowest BCUT2D eigenvalue weighted by Gasteiger charge is -2.25. The minimum atomic E-state index is -4.37. The second-order valence-electron chi connectivity index (χ2n) is 7.94. The van der Waals surface area contributed by atoms with Crippen LogP contribution in [0, 0.1) is 0 Å². The van der Waals surface area contributed by atoms with E-state index in [4.69, 9.17) is 11.6 Å². The molecular formula is C22H22ClF4N5O4. The molecule has 0 radical (unpaired) electrons. The third kappa shape index (κ3) is 6.01. The number of pyridine rings is 2. The molecule has 194 valence electrons. The number of aromatic nitrogens is 2. The van der Waals surface area contributed by atoms with Crippen LogP contribution in [-0.4, -0.2) is 64.6 Å². The Morgan fingerprint density at radius 3 is 2.58 bits per heavy atom. The van der Waals surface area contributed by atoms with E-state index < -0.39 is 36.8 Å². The molecule has 2 aromatic heterocycles. The molecule has 1 unspecified atom stereocenters. The summed E-state index contributed by atoms with van der Waals surface area (Å²) in [5.41, 5.74) is 1.19. The summed E-state index contributed by atoms with van der Waals surface area (Å²) in [5, 5.41) is 4.98. The fraction of sp³-hybridized carbons (Fsp3) is 0.409. The molecule has 2 N–H and O–H groups in total. The molecule has 0 bridgehead atoms. The fourth-order valence-corrected chi connectivity index (χ4v) is 3.67. The van der Waals surface area contributed by atoms with Gasteiger partial charge in [0.2, 0.25) is 11.8 Å². The summed E-state index contributed by atoms with van der Waals surface area (Å²) in [5.74, 6) is -5.94. The van der Waals surface area contributed by atoms with Crippen LogP contribution >= 0.6 is 11.6 Å². The second-order valence-corrected chi connectivity index (χ2v) is 8.35. The van der Waals surface area contributed by atoms with E-state index in [1.165, 1.54) is 36.4 Å². The number of amides is 3. The molecule has 36 heavy (non-hydrogen) atoms. The van der Waals surface area contributed by atoms with Gasteiger partial charge in [0.05, 0.1) is 6.04 Å². The number of nitrogens with zero attached hydrogens (tertiary/aromatic N) is 3. The molecule has 3 amide bonds. The Labute approximate surface area is 208 Å². The van der Waals surface area contributed by atoms with Gasteiger partial charge in [-0.1, -0.05) is 11.6 Å². The first kappa shape index (κ1) is 27.1. The Balaban J connectivity index is 1.72. The van der Waals surface area contributed by atoms with Gasteiger partial charge in [-0.2, -0.15) is 8.78 Å². The zero-order valence-corrected chi connectivity index (χ0v) is 19.9. The average Bonchev–Trinajstić information content (AvgIpc) is 3.16. The first-order valence-corrected chi connectivity index (χ1v) is 11.1. The molecule has 1 aliphatic heterocycles. The van der Waals surface area contributed by atoms with Crippen molar-refractivity contribution >= 4 is 29.3 Å². The monoisotopic (exact) mass is 531 g/mol. The Kier molecular flexibility index (Phi) is 8.33. The smallest absolute Gasteiger partial charge is 0.340 e. The zero-order chi connectivity index (χ0) is 26.6. The minimum absolute atomic E-state index is 0.0497. The van der Waals surface area contributed by atoms with E-state index in [-0.39, 0.29) is 47.7 Å². The molecule has 0 saturated carbocycles. The van der Waals surface area contributed by atoms with Crippen LogP contribution in [0.25, 0.3) is 0 Å². The number of hydrogen-bond acceptors (Lipinski definition) is 6. The summed E-state index contributed by atoms with van der Waals surface area (Å²) in [4.78, 5) is 46.0. The van der Waals surface area contributed by atoms with Crippen molar-refractivity contribution < 1.29 is 36.7 Å². The predicted molar refractivity (Wildman–Crippen MR) is 119 cm³/mol. The van der Waals surface area contributed by atoms with Crippen molar-refractivity contribution in [1.29, 1.82) is 0 Å². The van der Waals surface area contributed by atoms with Gasteiger partial charge >= 0.3 is 12.3 Å². The van der Waals surface area contributed by atoms with Crippen LogP contribution in [0.5, 0.6) is 5.88 Å². The van der Waals surface area contributed by atoms with Crippen LogP contribution in [0.15, 0.2) is 24.5 Å². The highest BCUT2D eigenvalue weighted by Crippen LogP contribution is 2.34. The molecule has 3 heterocycles. The third-order valence-corrected chi connectivity index (χ3v) is 5.64. The topological polar surface area (TPSA) is 114 Å². The number of hydrogen-bond donors (Lipinski definition) is 2. The highest BCUT2D eigenvalue weighted by Gasteiger charge is 2.42. The molecule has 9 nitrogen and oxygen atoms in total. The van der Waals surface area contributed by atoms with Gasteiger partial charge in [0.1, 0.15) is 10.7 Å². The van der Waals surface area contributed by atoms with E-state index in [0.717, 1.165) is 0 Å². The molecule has 1 aliphatic rings. The molecular weight excluding hydrogens is 510 g/mol. The van der Waals surface area contributed by atoms with Gasteiger partial charge in [-0.05, 0) is 24.6 Å². The van der Waals surface area contributed by atoms with Crippen LogP contribution in [0.4, 0.5) is 17.6 Å². The van der Waals surface area contributed by atoms with E-state index in [1.54, 1.807) is 6.92 Å². The number of carbonyl (C=O) groups excluding carboxylic acids is 3. The quantitative estimate of drug-likeness (QED) is 0.360. The van der Waals surface area contributed by atoms with Gasteiger partial charge in [0.15, 0.2) is 6.61 Å². The van der Waals surface area contributed by atoms with E-state index in [0.29, 0.717) is 11.1 Å². The van der Waals surface area contributed by atoms with E-state index >= 15 is 0 Å². The van der Waals surface area contributed by atoms with Crippen LogP contribution in [0.2, 0.25) is 5.02 Å². The lowest BCUT2D eigenvalue weighted by atomic mass is 10.1. The van der Waals surface area contributed by atoms with Crippen molar-refractivity contribution in [1.82, 2.24) is 25.5 Å². The summed E-state index contributed by atoms with van der Waals surface area (Å²) in [6.07, 6.45) is -1.33. The molecule has 0 fully saturated rings. The molecule has 2 aromatic rings. The SMILES string of the molecule is CC(=O)NCCNC(=O)c1nccc2c1CN(C(C)c1cnc(OCC(F)(F)C(F)F)c(Cl)c1)C2=O. The van der Waals surface area contributed by atoms with Gasteiger partial charge in [-0.3, -0.25) is 19.4 Å². The molecule has 1 atom stereocenters. The van der Waals surface area contributed by atoms with Gasteiger partial charge in [-0.15, -0.1) is 0 Å². The standard InChI is InChI=1S/C22H22ClF4N5O4/c1-11(13-7-16(23)19(31-8-13)36-10-22(26,27)21(24)25)32-9-15-14(20(32)35)3-4-29-17(15)18(34)30-6-5-28-12(2)33/h3-4,7-8,11,21H,5-6,9-10H2,1-2H3,(H,28,33)(H,30,34). The number of fused-ring (bicyclic) bond motifs is 1. The van der Waals surface area contributed by atoms with Crippen molar-refractivity contribution in [2.45, 2.75) is 38.8 Å². The van der Waals surface area contributed by atoms with Crippen LogP contribution in [0.1, 0.15) is 51.9 Å². The normalized spacial score (nSPS) is 14.0. The summed E-state index contributed by atoms with van der Waals surface area (Å²) < 4.78 is 55.5. The first-order chi connectivity index (χ1) is 16.9. The molecule has 0 aliphatic carbocycles. The highest BCUT2D eigenvalue weighted by molar-refractivity contribution is 6.31. The Morgan fingerprint density at radius 2 is 1.94 bits per heavy atom. The maximum absolute atomic E-state index is 13.1. The Bertz CT molecular complexity index is 1170. The lowest BCUT2D eigenvalue weighted by molar-refractivity contribution is -0.148. The first-order valence-electron chi connectivity index (χ1n) is 10.7.